The van der Waals surface area contributed by atoms with Crippen molar-refractivity contribution in [3.05, 3.63) is 105 Å². The molecule has 0 bridgehead atoms. The summed E-state index contributed by atoms with van der Waals surface area (Å²) < 4.78 is 13.4. The highest BCUT2D eigenvalue weighted by Gasteiger charge is 2.10. The Balaban J connectivity index is 1.77. The van der Waals surface area contributed by atoms with Crippen LogP contribution < -0.4 is 5.32 Å². The Labute approximate surface area is 174 Å². The largest absolute Gasteiger partial charge is 0.321 e. The number of aryl methyl sites for hydroxylation is 1. The van der Waals surface area contributed by atoms with E-state index in [-0.39, 0.29) is 11.4 Å². The lowest BCUT2D eigenvalue weighted by molar-refractivity contribution is -0.112. The van der Waals surface area contributed by atoms with E-state index in [1.165, 1.54) is 18.2 Å². The zero-order valence-electron chi connectivity index (χ0n) is 15.7. The number of nitriles is 1. The fourth-order valence-corrected chi connectivity index (χ4v) is 3.07. The molecule has 0 aliphatic carbocycles. The molecule has 0 aromatic heterocycles. The first-order valence-corrected chi connectivity index (χ1v) is 9.35. The average Bonchev–Trinajstić information content (AvgIpc) is 2.70. The maximum Gasteiger partial charge on any atom is 0.266 e. The van der Waals surface area contributed by atoms with Gasteiger partial charge < -0.3 is 5.32 Å². The van der Waals surface area contributed by atoms with Crippen molar-refractivity contribution in [2.75, 3.05) is 5.32 Å². The molecule has 0 spiro atoms. The van der Waals surface area contributed by atoms with Crippen molar-refractivity contribution in [3.63, 3.8) is 0 Å². The minimum absolute atomic E-state index is 0.0282. The molecule has 144 valence electrons. The third-order valence-corrected chi connectivity index (χ3v) is 4.70. The summed E-state index contributed by atoms with van der Waals surface area (Å²) in [7, 11) is 0. The van der Waals surface area contributed by atoms with Crippen molar-refractivity contribution in [3.8, 4) is 6.07 Å². The fourth-order valence-electron chi connectivity index (χ4n) is 2.81. The summed E-state index contributed by atoms with van der Waals surface area (Å²) in [5.74, 6) is -0.785. The molecule has 0 unspecified atom stereocenters. The highest BCUT2D eigenvalue weighted by Crippen LogP contribution is 2.23. The molecule has 3 aromatic rings. The van der Waals surface area contributed by atoms with Gasteiger partial charge >= 0.3 is 0 Å². The van der Waals surface area contributed by atoms with E-state index in [2.05, 4.69) is 5.32 Å². The minimum Gasteiger partial charge on any atom is -0.321 e. The van der Waals surface area contributed by atoms with E-state index in [9.17, 15) is 14.4 Å². The molecule has 0 radical (unpaired) electrons. The monoisotopic (exact) mass is 404 g/mol. The molecule has 0 saturated carbocycles. The molecule has 0 fully saturated rings. The summed E-state index contributed by atoms with van der Waals surface area (Å²) in [4.78, 5) is 12.4. The average molecular weight is 405 g/mol. The SMILES string of the molecule is Cc1ccc(NC(=O)/C(C#N)=C/c2ccc(Cc3cccc(F)c3)c(Cl)c2)cc1. The molecule has 3 rings (SSSR count). The van der Waals surface area contributed by atoms with Gasteiger partial charge in [-0.3, -0.25) is 4.79 Å². The zero-order chi connectivity index (χ0) is 20.8. The predicted molar refractivity (Wildman–Crippen MR) is 114 cm³/mol. The van der Waals surface area contributed by atoms with Crippen LogP contribution in [-0.2, 0) is 11.2 Å². The van der Waals surface area contributed by atoms with Crippen LogP contribution in [0.4, 0.5) is 10.1 Å². The summed E-state index contributed by atoms with van der Waals surface area (Å²) in [5.41, 5.74) is 3.94. The number of carbonyl (C=O) groups is 1. The quantitative estimate of drug-likeness (QED) is 0.423. The first-order chi connectivity index (χ1) is 13.9. The number of hydrogen-bond acceptors (Lipinski definition) is 2. The maximum atomic E-state index is 13.4. The van der Waals surface area contributed by atoms with E-state index in [0.717, 1.165) is 16.7 Å². The number of amides is 1. The first-order valence-electron chi connectivity index (χ1n) is 8.97. The number of nitrogens with zero attached hydrogens (tertiary/aromatic N) is 1. The van der Waals surface area contributed by atoms with Gasteiger partial charge in [0.15, 0.2) is 0 Å². The molecule has 0 heterocycles. The van der Waals surface area contributed by atoms with Gasteiger partial charge in [0.2, 0.25) is 0 Å². The summed E-state index contributed by atoms with van der Waals surface area (Å²) in [6.07, 6.45) is 1.97. The van der Waals surface area contributed by atoms with Crippen LogP contribution in [0.5, 0.6) is 0 Å². The molecule has 29 heavy (non-hydrogen) atoms. The van der Waals surface area contributed by atoms with Gasteiger partial charge in [-0.15, -0.1) is 0 Å². The van der Waals surface area contributed by atoms with Crippen molar-refractivity contribution in [2.24, 2.45) is 0 Å². The van der Waals surface area contributed by atoms with Gasteiger partial charge in [-0.25, -0.2) is 4.39 Å². The lowest BCUT2D eigenvalue weighted by Crippen LogP contribution is -2.13. The van der Waals surface area contributed by atoms with E-state index >= 15 is 0 Å². The molecular formula is C24H18ClFN2O. The van der Waals surface area contributed by atoms with E-state index in [0.29, 0.717) is 22.7 Å². The summed E-state index contributed by atoms with van der Waals surface area (Å²) in [6, 6.07) is 20.9. The highest BCUT2D eigenvalue weighted by atomic mass is 35.5. The molecule has 0 aliphatic heterocycles. The Morgan fingerprint density at radius 2 is 1.90 bits per heavy atom. The van der Waals surface area contributed by atoms with E-state index in [1.54, 1.807) is 30.3 Å². The third kappa shape index (κ3) is 5.54. The molecule has 0 aliphatic rings. The van der Waals surface area contributed by atoms with Crippen LogP contribution in [0.2, 0.25) is 5.02 Å². The van der Waals surface area contributed by atoms with Crippen molar-refractivity contribution in [1.82, 2.24) is 0 Å². The molecule has 0 atom stereocenters. The number of carbonyl (C=O) groups excluding carboxylic acids is 1. The highest BCUT2D eigenvalue weighted by molar-refractivity contribution is 6.31. The number of hydrogen-bond donors (Lipinski definition) is 1. The zero-order valence-corrected chi connectivity index (χ0v) is 16.5. The van der Waals surface area contributed by atoms with Crippen LogP contribution in [0.1, 0.15) is 22.3 Å². The number of benzene rings is 3. The van der Waals surface area contributed by atoms with Crippen LogP contribution in [0.15, 0.2) is 72.3 Å². The Morgan fingerprint density at radius 1 is 1.14 bits per heavy atom. The Bertz CT molecular complexity index is 1110. The van der Waals surface area contributed by atoms with Gasteiger partial charge in [0, 0.05) is 10.7 Å². The van der Waals surface area contributed by atoms with Crippen LogP contribution in [-0.4, -0.2) is 5.91 Å². The number of halogens is 2. The predicted octanol–water partition coefficient (Wildman–Crippen LogP) is 5.92. The number of anilines is 1. The maximum absolute atomic E-state index is 13.4. The second-order valence-electron chi connectivity index (χ2n) is 6.65. The third-order valence-electron chi connectivity index (χ3n) is 4.35. The molecule has 1 N–H and O–H groups in total. The van der Waals surface area contributed by atoms with E-state index < -0.39 is 5.91 Å². The van der Waals surface area contributed by atoms with Gasteiger partial charge in [-0.05, 0) is 66.4 Å². The Kier molecular flexibility index (Phi) is 6.43. The van der Waals surface area contributed by atoms with Crippen LogP contribution >= 0.6 is 11.6 Å². The second kappa shape index (κ2) is 9.18. The van der Waals surface area contributed by atoms with Gasteiger partial charge in [-0.1, -0.05) is 53.6 Å². The van der Waals surface area contributed by atoms with E-state index in [4.69, 9.17) is 11.6 Å². The molecule has 3 nitrogen and oxygen atoms in total. The van der Waals surface area contributed by atoms with Crippen molar-refractivity contribution in [2.45, 2.75) is 13.3 Å². The Morgan fingerprint density at radius 3 is 2.55 bits per heavy atom. The van der Waals surface area contributed by atoms with Crippen LogP contribution in [0, 0.1) is 24.1 Å². The molecule has 5 heteroatoms. The Hall–Kier alpha value is -3.42. The topological polar surface area (TPSA) is 52.9 Å². The molecule has 0 saturated heterocycles. The number of rotatable bonds is 5. The van der Waals surface area contributed by atoms with Gasteiger partial charge in [0.05, 0.1) is 0 Å². The summed E-state index contributed by atoms with van der Waals surface area (Å²) >= 11 is 6.36. The van der Waals surface area contributed by atoms with Gasteiger partial charge in [0.1, 0.15) is 17.5 Å². The van der Waals surface area contributed by atoms with E-state index in [1.807, 2.05) is 37.3 Å². The minimum atomic E-state index is -0.490. The summed E-state index contributed by atoms with van der Waals surface area (Å²) in [6.45, 7) is 1.95. The molecule has 3 aromatic carbocycles. The smallest absolute Gasteiger partial charge is 0.266 e. The van der Waals surface area contributed by atoms with Crippen LogP contribution in [0.3, 0.4) is 0 Å². The van der Waals surface area contributed by atoms with Crippen molar-refractivity contribution in [1.29, 1.82) is 5.26 Å². The molecular weight excluding hydrogens is 387 g/mol. The van der Waals surface area contributed by atoms with Crippen molar-refractivity contribution >= 4 is 29.3 Å². The first kappa shape index (κ1) is 20.3. The number of nitrogens with one attached hydrogen (secondary N) is 1. The summed E-state index contributed by atoms with van der Waals surface area (Å²) in [5, 5.41) is 12.6. The van der Waals surface area contributed by atoms with Gasteiger partial charge in [-0.2, -0.15) is 5.26 Å². The van der Waals surface area contributed by atoms with Crippen LogP contribution in [0.25, 0.3) is 6.08 Å². The normalized spacial score (nSPS) is 11.0. The fraction of sp³-hybridized carbons (Fsp3) is 0.0833. The standard InChI is InChI=1S/C24H18ClFN2O/c1-16-5-9-22(10-6-16)28-24(29)20(15-27)12-18-7-8-19(23(25)14-18)11-17-3-2-4-21(26)13-17/h2-10,12-14H,11H2,1H3,(H,28,29)/b20-12+. The van der Waals surface area contributed by atoms with Crippen molar-refractivity contribution < 1.29 is 9.18 Å². The van der Waals surface area contributed by atoms with Gasteiger partial charge in [0.25, 0.3) is 5.91 Å². The lowest BCUT2D eigenvalue weighted by Gasteiger charge is -2.07. The second-order valence-corrected chi connectivity index (χ2v) is 7.05. The lowest BCUT2D eigenvalue weighted by atomic mass is 10.0. The molecule has 1 amide bonds.